The van der Waals surface area contributed by atoms with Gasteiger partial charge in [0.05, 0.1) is 6.61 Å². The van der Waals surface area contributed by atoms with E-state index in [-0.39, 0.29) is 25.2 Å². The zero-order valence-corrected chi connectivity index (χ0v) is 31.0. The summed E-state index contributed by atoms with van der Waals surface area (Å²) in [6, 6.07) is 0. The Morgan fingerprint density at radius 2 is 0.851 bits per heavy atom. The zero-order valence-electron chi connectivity index (χ0n) is 31.0. The van der Waals surface area contributed by atoms with E-state index in [9.17, 15) is 14.7 Å². The van der Waals surface area contributed by atoms with Crippen molar-refractivity contribution in [2.45, 2.75) is 206 Å². The van der Waals surface area contributed by atoms with E-state index in [0.29, 0.717) is 12.8 Å². The van der Waals surface area contributed by atoms with Crippen molar-refractivity contribution in [2.75, 3.05) is 13.2 Å². The first-order valence-electron chi connectivity index (χ1n) is 20.0. The van der Waals surface area contributed by atoms with Gasteiger partial charge in [-0.15, -0.1) is 0 Å². The fraction of sp³-hybridized carbons (Fsp3) is 0.810. The van der Waals surface area contributed by atoms with Crippen molar-refractivity contribution in [3.05, 3.63) is 36.5 Å². The fourth-order valence-corrected chi connectivity index (χ4v) is 5.58. The molecule has 47 heavy (non-hydrogen) atoms. The molecule has 274 valence electrons. The topological polar surface area (TPSA) is 72.8 Å². The Morgan fingerprint density at radius 3 is 1.32 bits per heavy atom. The molecule has 0 fully saturated rings. The molecule has 0 rings (SSSR count). The van der Waals surface area contributed by atoms with E-state index in [1.54, 1.807) is 0 Å². The van der Waals surface area contributed by atoms with E-state index in [2.05, 4.69) is 50.3 Å². The van der Waals surface area contributed by atoms with Crippen LogP contribution in [0.4, 0.5) is 0 Å². The van der Waals surface area contributed by atoms with Gasteiger partial charge < -0.3 is 14.6 Å². The van der Waals surface area contributed by atoms with E-state index in [0.717, 1.165) is 51.4 Å². The molecular formula is C42H76O5. The van der Waals surface area contributed by atoms with E-state index in [4.69, 9.17) is 9.47 Å². The normalized spacial score (nSPS) is 12.5. The van der Waals surface area contributed by atoms with Crippen LogP contribution in [-0.4, -0.2) is 36.4 Å². The number of carbonyl (C=O) groups excluding carboxylic acids is 2. The molecule has 1 atom stereocenters. The lowest BCUT2D eigenvalue weighted by molar-refractivity contribution is -0.161. The van der Waals surface area contributed by atoms with Gasteiger partial charge in [0.15, 0.2) is 6.10 Å². The van der Waals surface area contributed by atoms with E-state index < -0.39 is 6.10 Å². The molecule has 0 amide bonds. The maximum atomic E-state index is 12.2. The van der Waals surface area contributed by atoms with Crippen LogP contribution >= 0.6 is 0 Å². The predicted molar refractivity (Wildman–Crippen MR) is 201 cm³/mol. The number of ether oxygens (including phenoxy) is 2. The van der Waals surface area contributed by atoms with Crippen LogP contribution in [0.5, 0.6) is 0 Å². The largest absolute Gasteiger partial charge is 0.462 e. The van der Waals surface area contributed by atoms with Crippen molar-refractivity contribution in [1.29, 1.82) is 0 Å². The average Bonchev–Trinajstić information content (AvgIpc) is 3.07. The molecule has 0 aromatic carbocycles. The van der Waals surface area contributed by atoms with Crippen LogP contribution in [-0.2, 0) is 19.1 Å². The fourth-order valence-electron chi connectivity index (χ4n) is 5.58. The quantitative estimate of drug-likeness (QED) is 0.0411. The molecule has 0 aliphatic heterocycles. The molecule has 0 aromatic rings. The first-order valence-corrected chi connectivity index (χ1v) is 20.0. The van der Waals surface area contributed by atoms with Gasteiger partial charge in [-0.3, -0.25) is 9.59 Å². The summed E-state index contributed by atoms with van der Waals surface area (Å²) in [6.45, 7) is 4.09. The molecule has 0 saturated carbocycles. The van der Waals surface area contributed by atoms with Crippen LogP contribution < -0.4 is 0 Å². The summed E-state index contributed by atoms with van der Waals surface area (Å²) in [7, 11) is 0. The Balaban J connectivity index is 3.56. The third-order valence-electron chi connectivity index (χ3n) is 8.66. The zero-order chi connectivity index (χ0) is 34.3. The van der Waals surface area contributed by atoms with Gasteiger partial charge in [-0.2, -0.15) is 0 Å². The number of hydrogen-bond acceptors (Lipinski definition) is 5. The smallest absolute Gasteiger partial charge is 0.306 e. The second-order valence-electron chi connectivity index (χ2n) is 13.4. The highest BCUT2D eigenvalue weighted by atomic mass is 16.6. The van der Waals surface area contributed by atoms with E-state index in [1.807, 2.05) is 0 Å². The minimum absolute atomic E-state index is 0.0706. The van der Waals surface area contributed by atoms with E-state index in [1.165, 1.54) is 122 Å². The number of aliphatic hydroxyl groups excluding tert-OH is 1. The van der Waals surface area contributed by atoms with Gasteiger partial charge in [-0.1, -0.05) is 153 Å². The van der Waals surface area contributed by atoms with Gasteiger partial charge >= 0.3 is 11.9 Å². The minimum Gasteiger partial charge on any atom is -0.462 e. The number of rotatable bonds is 36. The highest BCUT2D eigenvalue weighted by Gasteiger charge is 2.16. The molecule has 0 aliphatic rings. The number of aliphatic hydroxyl groups is 1. The van der Waals surface area contributed by atoms with Gasteiger partial charge in [0.2, 0.25) is 0 Å². The van der Waals surface area contributed by atoms with Crippen molar-refractivity contribution in [3.63, 3.8) is 0 Å². The highest BCUT2D eigenvalue weighted by Crippen LogP contribution is 2.13. The molecule has 0 saturated heterocycles. The average molecular weight is 661 g/mol. The van der Waals surface area contributed by atoms with Crippen LogP contribution in [0.25, 0.3) is 0 Å². The Bertz CT molecular complexity index is 756. The lowest BCUT2D eigenvalue weighted by atomic mass is 10.1. The summed E-state index contributed by atoms with van der Waals surface area (Å²) < 4.78 is 10.6. The molecule has 1 unspecified atom stereocenters. The van der Waals surface area contributed by atoms with Crippen molar-refractivity contribution >= 4 is 11.9 Å². The first kappa shape index (κ1) is 45.1. The predicted octanol–water partition coefficient (Wildman–Crippen LogP) is 12.5. The van der Waals surface area contributed by atoms with Crippen LogP contribution in [0, 0.1) is 0 Å². The summed E-state index contributed by atoms with van der Waals surface area (Å²) in [5.74, 6) is -0.603. The minimum atomic E-state index is -0.775. The SMILES string of the molecule is CCCCC/C=C\C/C=C\CCCCCCCCCCCC(=O)OC(CO)COC(=O)CCCCCCC/C=C\CCCCCCC. The lowest BCUT2D eigenvalue weighted by Gasteiger charge is -2.15. The monoisotopic (exact) mass is 661 g/mol. The van der Waals surface area contributed by atoms with Crippen molar-refractivity contribution in [1.82, 2.24) is 0 Å². The molecule has 0 bridgehead atoms. The third-order valence-corrected chi connectivity index (χ3v) is 8.66. The van der Waals surface area contributed by atoms with Crippen molar-refractivity contribution < 1.29 is 24.2 Å². The Labute approximate surface area is 291 Å². The number of carbonyl (C=O) groups is 2. The molecule has 1 N–H and O–H groups in total. The lowest BCUT2D eigenvalue weighted by Crippen LogP contribution is -2.28. The van der Waals surface area contributed by atoms with Crippen LogP contribution in [0.3, 0.4) is 0 Å². The second kappa shape index (κ2) is 38.6. The molecule has 0 radical (unpaired) electrons. The summed E-state index contributed by atoms with van der Waals surface area (Å²) >= 11 is 0. The van der Waals surface area contributed by atoms with Gasteiger partial charge in [0.25, 0.3) is 0 Å². The van der Waals surface area contributed by atoms with E-state index >= 15 is 0 Å². The maximum Gasteiger partial charge on any atom is 0.306 e. The Kier molecular flexibility index (Phi) is 37.0. The molecule has 0 heterocycles. The molecule has 5 nitrogen and oxygen atoms in total. The molecular weight excluding hydrogens is 584 g/mol. The Hall–Kier alpha value is -1.88. The van der Waals surface area contributed by atoms with Crippen LogP contribution in [0.2, 0.25) is 0 Å². The van der Waals surface area contributed by atoms with Crippen molar-refractivity contribution in [2.24, 2.45) is 0 Å². The van der Waals surface area contributed by atoms with Gasteiger partial charge in [-0.25, -0.2) is 0 Å². The summed E-state index contributed by atoms with van der Waals surface area (Å²) in [5.41, 5.74) is 0. The Morgan fingerprint density at radius 1 is 0.489 bits per heavy atom. The standard InChI is InChI=1S/C42H76O5/c1-3-5-7-9-11-13-15-17-19-20-21-22-23-25-27-29-31-33-35-37-42(45)47-40(38-43)39-46-41(44)36-34-32-30-28-26-24-18-16-14-12-10-8-6-4-2/h11,13,16-19,40,43H,3-10,12,14-15,20-39H2,1-2H3/b13-11-,18-16-,19-17-. The summed E-state index contributed by atoms with van der Waals surface area (Å²) in [6.07, 6.45) is 46.3. The summed E-state index contributed by atoms with van der Waals surface area (Å²) in [4.78, 5) is 24.2. The molecule has 0 aromatic heterocycles. The van der Waals surface area contributed by atoms with Crippen LogP contribution in [0.15, 0.2) is 36.5 Å². The summed E-state index contributed by atoms with van der Waals surface area (Å²) in [5, 5.41) is 9.55. The number of unbranched alkanes of at least 4 members (excludes halogenated alkanes) is 22. The second-order valence-corrected chi connectivity index (χ2v) is 13.4. The highest BCUT2D eigenvalue weighted by molar-refractivity contribution is 5.70. The van der Waals surface area contributed by atoms with Gasteiger partial charge in [0, 0.05) is 12.8 Å². The van der Waals surface area contributed by atoms with Gasteiger partial charge in [-0.05, 0) is 70.6 Å². The number of esters is 2. The maximum absolute atomic E-state index is 12.2. The van der Waals surface area contributed by atoms with Gasteiger partial charge in [0.1, 0.15) is 6.61 Å². The molecule has 0 spiro atoms. The molecule has 5 heteroatoms. The molecule has 0 aliphatic carbocycles. The number of allylic oxidation sites excluding steroid dienone is 6. The number of hydrogen-bond donors (Lipinski definition) is 1. The first-order chi connectivity index (χ1) is 23.1. The van der Waals surface area contributed by atoms with Crippen molar-refractivity contribution in [3.8, 4) is 0 Å². The third kappa shape index (κ3) is 36.8. The van der Waals surface area contributed by atoms with Crippen LogP contribution in [0.1, 0.15) is 200 Å².